The van der Waals surface area contributed by atoms with Crippen LogP contribution in [0.25, 0.3) is 95.5 Å². The summed E-state index contributed by atoms with van der Waals surface area (Å²) in [6.07, 6.45) is 5.67. The molecular weight excluding hydrogens is 709 g/mol. The summed E-state index contributed by atoms with van der Waals surface area (Å²) in [6.45, 7) is 0. The van der Waals surface area contributed by atoms with Crippen LogP contribution in [0.2, 0.25) is 0 Å². The lowest BCUT2D eigenvalue weighted by atomic mass is 9.96. The number of fused-ring (bicyclic) bond motifs is 1. The van der Waals surface area contributed by atoms with Gasteiger partial charge in [0, 0.05) is 27.8 Å². The first-order chi connectivity index (χ1) is 28.7. The van der Waals surface area contributed by atoms with Crippen LogP contribution in [0, 0.1) is 0 Å². The molecule has 7 aromatic carbocycles. The van der Waals surface area contributed by atoms with E-state index in [1.54, 1.807) is 0 Å². The van der Waals surface area contributed by atoms with Gasteiger partial charge in [0.05, 0.1) is 5.57 Å². The van der Waals surface area contributed by atoms with Crippen molar-refractivity contribution < 1.29 is 0 Å². The van der Waals surface area contributed by atoms with Crippen molar-refractivity contribution in [1.29, 1.82) is 0 Å². The van der Waals surface area contributed by atoms with E-state index in [0.717, 1.165) is 61.0 Å². The molecule has 1 aliphatic rings. The van der Waals surface area contributed by atoms with Crippen molar-refractivity contribution in [1.82, 2.24) is 29.9 Å². The molecule has 1 aliphatic carbocycles. The third kappa shape index (κ3) is 7.08. The van der Waals surface area contributed by atoms with E-state index in [1.807, 2.05) is 109 Å². The van der Waals surface area contributed by atoms with Crippen molar-refractivity contribution in [2.75, 3.05) is 0 Å². The molecule has 0 spiro atoms. The highest BCUT2D eigenvalue weighted by molar-refractivity contribution is 5.91. The quantitative estimate of drug-likeness (QED) is 0.144. The second kappa shape index (κ2) is 15.2. The molecular formula is C52H32N6. The molecule has 0 amide bonds. The van der Waals surface area contributed by atoms with Crippen molar-refractivity contribution in [3.05, 3.63) is 211 Å². The number of hydrogen-bond acceptors (Lipinski definition) is 6. The number of aromatic nitrogens is 6. The highest BCUT2D eigenvalue weighted by Gasteiger charge is 2.15. The van der Waals surface area contributed by atoms with E-state index in [4.69, 9.17) is 29.9 Å². The molecule has 9 aromatic rings. The molecule has 0 N–H and O–H groups in total. The van der Waals surface area contributed by atoms with Crippen LogP contribution in [0.3, 0.4) is 0 Å². The van der Waals surface area contributed by atoms with Gasteiger partial charge in [0.15, 0.2) is 34.9 Å². The summed E-state index contributed by atoms with van der Waals surface area (Å²) in [6, 6.07) is 60.1. The minimum Gasteiger partial charge on any atom is -0.208 e. The van der Waals surface area contributed by atoms with Gasteiger partial charge in [-0.3, -0.25) is 0 Å². The summed E-state index contributed by atoms with van der Waals surface area (Å²) in [4.78, 5) is 29.2. The molecule has 2 aromatic heterocycles. The monoisotopic (exact) mass is 740 g/mol. The van der Waals surface area contributed by atoms with Crippen molar-refractivity contribution in [3.63, 3.8) is 0 Å². The van der Waals surface area contributed by atoms with E-state index in [0.29, 0.717) is 34.9 Å². The van der Waals surface area contributed by atoms with Crippen LogP contribution in [0.5, 0.6) is 0 Å². The van der Waals surface area contributed by atoms with Gasteiger partial charge in [0.1, 0.15) is 0 Å². The fourth-order valence-corrected chi connectivity index (χ4v) is 6.99. The normalized spacial score (nSPS) is 11.8. The van der Waals surface area contributed by atoms with Crippen molar-refractivity contribution in [3.8, 4) is 79.2 Å². The van der Waals surface area contributed by atoms with E-state index in [9.17, 15) is 0 Å². The van der Waals surface area contributed by atoms with Crippen LogP contribution in [0.1, 0.15) is 5.82 Å². The van der Waals surface area contributed by atoms with Gasteiger partial charge in [-0.15, -0.1) is 0 Å². The summed E-state index contributed by atoms with van der Waals surface area (Å²) < 4.78 is 0. The van der Waals surface area contributed by atoms with Gasteiger partial charge >= 0.3 is 0 Å². The van der Waals surface area contributed by atoms with Crippen LogP contribution < -0.4 is 0 Å². The maximum atomic E-state index is 4.90. The van der Waals surface area contributed by atoms with Gasteiger partial charge in [-0.2, -0.15) is 0 Å². The van der Waals surface area contributed by atoms with Gasteiger partial charge in [-0.25, -0.2) is 29.9 Å². The van der Waals surface area contributed by atoms with Gasteiger partial charge in [-0.05, 0) is 57.3 Å². The smallest absolute Gasteiger partial charge is 0.172 e. The molecule has 6 heteroatoms. The molecule has 0 saturated heterocycles. The Morgan fingerprint density at radius 3 is 1.02 bits per heavy atom. The lowest BCUT2D eigenvalue weighted by Crippen LogP contribution is -2.02. The van der Waals surface area contributed by atoms with Gasteiger partial charge in [0.2, 0.25) is 0 Å². The van der Waals surface area contributed by atoms with Crippen LogP contribution in [0.15, 0.2) is 206 Å². The minimum absolute atomic E-state index is 0.560. The number of nitrogens with zero attached hydrogens (tertiary/aromatic N) is 6. The molecule has 6 nitrogen and oxygen atoms in total. The zero-order valence-electron chi connectivity index (χ0n) is 31.2. The molecule has 0 aliphatic heterocycles. The van der Waals surface area contributed by atoms with Crippen LogP contribution in [-0.2, 0) is 0 Å². The van der Waals surface area contributed by atoms with Crippen molar-refractivity contribution >= 4 is 16.3 Å². The minimum atomic E-state index is 0.560. The Labute approximate surface area is 335 Å². The van der Waals surface area contributed by atoms with Crippen molar-refractivity contribution in [2.24, 2.45) is 0 Å². The Morgan fingerprint density at radius 2 is 0.638 bits per heavy atom. The maximum absolute atomic E-state index is 4.90. The van der Waals surface area contributed by atoms with Gasteiger partial charge < -0.3 is 0 Å². The SMILES string of the molecule is C1=C=C(c2nc(-c3ccccc3)nc(-c3ccc(-c4ccc5ccc(-c6ccc(-c7nc(-c8ccccc8)nc(-c8ccccc8)n7)cc6)cc5c4)cc3)n2)C=CC=1. The number of hydrogen-bond donors (Lipinski definition) is 0. The third-order valence-electron chi connectivity index (χ3n) is 10.1. The molecule has 0 fully saturated rings. The lowest BCUT2D eigenvalue weighted by molar-refractivity contribution is 1.04. The first-order valence-electron chi connectivity index (χ1n) is 19.0. The van der Waals surface area contributed by atoms with Gasteiger partial charge in [-0.1, -0.05) is 181 Å². The van der Waals surface area contributed by atoms with E-state index in [2.05, 4.69) is 96.4 Å². The van der Waals surface area contributed by atoms with Crippen LogP contribution in [-0.4, -0.2) is 29.9 Å². The average molecular weight is 741 g/mol. The van der Waals surface area contributed by atoms with E-state index >= 15 is 0 Å². The first-order valence-corrected chi connectivity index (χ1v) is 19.0. The Bertz CT molecular complexity index is 3030. The predicted molar refractivity (Wildman–Crippen MR) is 233 cm³/mol. The molecule has 0 bridgehead atoms. The average Bonchev–Trinajstić information content (AvgIpc) is 3.32. The van der Waals surface area contributed by atoms with Crippen molar-refractivity contribution in [2.45, 2.75) is 0 Å². The summed E-state index contributed by atoms with van der Waals surface area (Å²) in [7, 11) is 0. The van der Waals surface area contributed by atoms with Crippen LogP contribution >= 0.6 is 0 Å². The predicted octanol–water partition coefficient (Wildman–Crippen LogP) is 12.1. The Hall–Kier alpha value is -8.14. The number of rotatable bonds is 8. The lowest BCUT2D eigenvalue weighted by Gasteiger charge is -2.10. The summed E-state index contributed by atoms with van der Waals surface area (Å²) in [5.41, 5.74) is 16.0. The molecule has 0 atom stereocenters. The number of allylic oxidation sites excluding steroid dienone is 4. The maximum Gasteiger partial charge on any atom is 0.172 e. The van der Waals surface area contributed by atoms with E-state index in [-0.39, 0.29) is 0 Å². The Kier molecular flexibility index (Phi) is 8.99. The Morgan fingerprint density at radius 1 is 0.293 bits per heavy atom. The van der Waals surface area contributed by atoms with Crippen LogP contribution in [0.4, 0.5) is 0 Å². The fourth-order valence-electron chi connectivity index (χ4n) is 6.99. The van der Waals surface area contributed by atoms with E-state index in [1.165, 1.54) is 5.39 Å². The molecule has 0 radical (unpaired) electrons. The summed E-state index contributed by atoms with van der Waals surface area (Å²) in [5, 5.41) is 2.33. The first kappa shape index (κ1) is 34.4. The highest BCUT2D eigenvalue weighted by Crippen LogP contribution is 2.32. The summed E-state index contributed by atoms with van der Waals surface area (Å²) in [5.74, 6) is 3.70. The zero-order valence-corrected chi connectivity index (χ0v) is 31.2. The molecule has 270 valence electrons. The molecule has 58 heavy (non-hydrogen) atoms. The Balaban J connectivity index is 0.942. The molecule has 10 rings (SSSR count). The standard InChI is InChI=1S/C52H32N6/c1-5-13-38(14-6-1)47-53-48(39-15-7-2-8-16-39)56-51(55-47)42-27-21-35(22-28-42)44-31-25-37-26-32-45(34-46(37)33-44)36-23-29-43(30-24-36)52-57-49(40-17-9-3-10-18-40)54-50(58-52)41-19-11-4-12-20-41/h1-11,13-19,21-34H. The second-order valence-electron chi connectivity index (χ2n) is 13.9. The zero-order chi connectivity index (χ0) is 38.7. The third-order valence-corrected chi connectivity index (χ3v) is 10.1. The number of benzene rings is 7. The summed E-state index contributed by atoms with van der Waals surface area (Å²) >= 11 is 0. The molecule has 2 heterocycles. The highest BCUT2D eigenvalue weighted by atomic mass is 15.0. The molecule has 0 unspecified atom stereocenters. The fraction of sp³-hybridized carbons (Fsp3) is 0. The van der Waals surface area contributed by atoms with Gasteiger partial charge in [0.25, 0.3) is 0 Å². The largest absolute Gasteiger partial charge is 0.208 e. The second-order valence-corrected chi connectivity index (χ2v) is 13.9. The molecule has 0 saturated carbocycles. The topological polar surface area (TPSA) is 77.3 Å². The van der Waals surface area contributed by atoms with E-state index < -0.39 is 0 Å².